The summed E-state index contributed by atoms with van der Waals surface area (Å²) in [5.41, 5.74) is -0.0648. The number of rotatable bonds is 3. The molecule has 0 aromatic rings. The highest BCUT2D eigenvalue weighted by Gasteiger charge is 2.27. The van der Waals surface area contributed by atoms with Gasteiger partial charge in [0.1, 0.15) is 0 Å². The van der Waals surface area contributed by atoms with E-state index < -0.39 is 0 Å². The minimum atomic E-state index is -0.0648. The van der Waals surface area contributed by atoms with Crippen molar-refractivity contribution in [2.45, 2.75) is 46.1 Å². The van der Waals surface area contributed by atoms with Crippen LogP contribution in [0.1, 0.15) is 40.5 Å². The second kappa shape index (κ2) is 5.17. The summed E-state index contributed by atoms with van der Waals surface area (Å²) in [6.45, 7) is 10.6. The van der Waals surface area contributed by atoms with Crippen LogP contribution in [0.3, 0.4) is 0 Å². The summed E-state index contributed by atoms with van der Waals surface area (Å²) in [5, 5.41) is 3.36. The molecule has 1 aliphatic heterocycles. The first-order valence-corrected chi connectivity index (χ1v) is 6.29. The molecule has 1 fully saturated rings. The monoisotopic (exact) mass is 226 g/mol. The Morgan fingerprint density at radius 3 is 2.56 bits per heavy atom. The Balaban J connectivity index is 2.44. The van der Waals surface area contributed by atoms with Gasteiger partial charge in [-0.2, -0.15) is 0 Å². The quantitative estimate of drug-likeness (QED) is 0.797. The van der Waals surface area contributed by atoms with Crippen molar-refractivity contribution in [3.8, 4) is 0 Å². The van der Waals surface area contributed by atoms with Crippen LogP contribution < -0.4 is 5.32 Å². The summed E-state index contributed by atoms with van der Waals surface area (Å²) in [6, 6.07) is 0. The minimum Gasteiger partial charge on any atom is -0.341 e. The maximum atomic E-state index is 12.1. The van der Waals surface area contributed by atoms with E-state index in [2.05, 4.69) is 33.0 Å². The molecule has 0 saturated carbocycles. The van der Waals surface area contributed by atoms with E-state index in [-0.39, 0.29) is 11.4 Å². The predicted molar refractivity (Wildman–Crippen MR) is 67.3 cm³/mol. The Kier molecular flexibility index (Phi) is 4.36. The smallest absolute Gasteiger partial charge is 0.223 e. The van der Waals surface area contributed by atoms with Crippen LogP contribution in [0.25, 0.3) is 0 Å². The van der Waals surface area contributed by atoms with Crippen molar-refractivity contribution in [1.29, 1.82) is 0 Å². The standard InChI is InChI=1S/C13H26N2O/c1-10(11-6-7-14-9-11)8-12(16)15(5)13(2,3)4/h10-11,14H,6-9H2,1-5H3. The number of hydrogen-bond donors (Lipinski definition) is 1. The molecule has 0 spiro atoms. The summed E-state index contributed by atoms with van der Waals surface area (Å²) in [5.74, 6) is 1.44. The molecule has 1 saturated heterocycles. The molecule has 94 valence electrons. The van der Waals surface area contributed by atoms with Gasteiger partial charge in [0, 0.05) is 19.0 Å². The van der Waals surface area contributed by atoms with E-state index in [1.807, 2.05) is 11.9 Å². The van der Waals surface area contributed by atoms with Crippen LogP contribution in [0.4, 0.5) is 0 Å². The Hall–Kier alpha value is -0.570. The van der Waals surface area contributed by atoms with Crippen molar-refractivity contribution in [2.24, 2.45) is 11.8 Å². The highest BCUT2D eigenvalue weighted by atomic mass is 16.2. The van der Waals surface area contributed by atoms with Crippen LogP contribution >= 0.6 is 0 Å². The topological polar surface area (TPSA) is 32.3 Å². The zero-order valence-corrected chi connectivity index (χ0v) is 11.3. The van der Waals surface area contributed by atoms with E-state index >= 15 is 0 Å². The number of hydrogen-bond acceptors (Lipinski definition) is 2. The molecule has 1 N–H and O–H groups in total. The summed E-state index contributed by atoms with van der Waals surface area (Å²) in [7, 11) is 1.90. The van der Waals surface area contributed by atoms with Crippen LogP contribution in [0, 0.1) is 11.8 Å². The molecule has 1 heterocycles. The van der Waals surface area contributed by atoms with Crippen molar-refractivity contribution >= 4 is 5.91 Å². The molecule has 0 aromatic heterocycles. The normalized spacial score (nSPS) is 23.2. The van der Waals surface area contributed by atoms with E-state index in [1.165, 1.54) is 6.42 Å². The lowest BCUT2D eigenvalue weighted by Crippen LogP contribution is -2.43. The predicted octanol–water partition coefficient (Wildman–Crippen LogP) is 1.88. The molecule has 0 aliphatic carbocycles. The van der Waals surface area contributed by atoms with E-state index in [1.54, 1.807) is 0 Å². The molecule has 2 unspecified atom stereocenters. The Morgan fingerprint density at radius 1 is 1.50 bits per heavy atom. The van der Waals surface area contributed by atoms with Gasteiger partial charge in [-0.3, -0.25) is 4.79 Å². The molecular formula is C13H26N2O. The third-order valence-electron chi connectivity index (χ3n) is 3.78. The van der Waals surface area contributed by atoms with Crippen molar-refractivity contribution in [1.82, 2.24) is 10.2 Å². The van der Waals surface area contributed by atoms with Gasteiger partial charge in [-0.15, -0.1) is 0 Å². The molecule has 0 bridgehead atoms. The average molecular weight is 226 g/mol. The number of carbonyl (C=O) groups is 1. The first-order valence-electron chi connectivity index (χ1n) is 6.29. The van der Waals surface area contributed by atoms with Gasteiger partial charge in [-0.1, -0.05) is 6.92 Å². The highest BCUT2D eigenvalue weighted by molar-refractivity contribution is 5.76. The van der Waals surface area contributed by atoms with Crippen molar-refractivity contribution in [2.75, 3.05) is 20.1 Å². The zero-order valence-electron chi connectivity index (χ0n) is 11.3. The van der Waals surface area contributed by atoms with Gasteiger partial charge >= 0.3 is 0 Å². The number of amides is 1. The van der Waals surface area contributed by atoms with Crippen LogP contribution in [-0.2, 0) is 4.79 Å². The molecule has 3 nitrogen and oxygen atoms in total. The first-order chi connectivity index (χ1) is 7.32. The zero-order chi connectivity index (χ0) is 12.3. The first kappa shape index (κ1) is 13.5. The van der Waals surface area contributed by atoms with E-state index in [4.69, 9.17) is 0 Å². The second-order valence-corrected chi connectivity index (χ2v) is 6.06. The van der Waals surface area contributed by atoms with Gasteiger partial charge in [0.15, 0.2) is 0 Å². The van der Waals surface area contributed by atoms with Gasteiger partial charge in [0.05, 0.1) is 0 Å². The Labute approximate surface area is 99.6 Å². The summed E-state index contributed by atoms with van der Waals surface area (Å²) in [4.78, 5) is 13.9. The van der Waals surface area contributed by atoms with Crippen LogP contribution in [0.5, 0.6) is 0 Å². The van der Waals surface area contributed by atoms with E-state index in [0.717, 1.165) is 13.1 Å². The molecule has 0 aromatic carbocycles. The van der Waals surface area contributed by atoms with Crippen LogP contribution in [0.15, 0.2) is 0 Å². The second-order valence-electron chi connectivity index (χ2n) is 6.06. The lowest BCUT2D eigenvalue weighted by molar-refractivity contribution is -0.135. The Morgan fingerprint density at radius 2 is 2.12 bits per heavy atom. The van der Waals surface area contributed by atoms with Gasteiger partial charge < -0.3 is 10.2 Å². The fraction of sp³-hybridized carbons (Fsp3) is 0.923. The van der Waals surface area contributed by atoms with E-state index in [9.17, 15) is 4.79 Å². The summed E-state index contributed by atoms with van der Waals surface area (Å²) < 4.78 is 0. The van der Waals surface area contributed by atoms with Gasteiger partial charge in [-0.25, -0.2) is 0 Å². The van der Waals surface area contributed by atoms with Crippen molar-refractivity contribution < 1.29 is 4.79 Å². The summed E-state index contributed by atoms with van der Waals surface area (Å²) in [6.07, 6.45) is 1.90. The molecule has 1 rings (SSSR count). The van der Waals surface area contributed by atoms with Gasteiger partial charge in [0.2, 0.25) is 5.91 Å². The molecule has 1 aliphatic rings. The summed E-state index contributed by atoms with van der Waals surface area (Å²) >= 11 is 0. The van der Waals surface area contributed by atoms with Crippen LogP contribution in [-0.4, -0.2) is 36.5 Å². The van der Waals surface area contributed by atoms with Crippen molar-refractivity contribution in [3.63, 3.8) is 0 Å². The van der Waals surface area contributed by atoms with E-state index in [0.29, 0.717) is 18.3 Å². The number of nitrogens with one attached hydrogen (secondary N) is 1. The highest BCUT2D eigenvalue weighted by Crippen LogP contribution is 2.23. The maximum absolute atomic E-state index is 12.1. The van der Waals surface area contributed by atoms with Crippen molar-refractivity contribution in [3.05, 3.63) is 0 Å². The third kappa shape index (κ3) is 3.48. The molecular weight excluding hydrogens is 200 g/mol. The molecule has 16 heavy (non-hydrogen) atoms. The molecule has 2 atom stereocenters. The maximum Gasteiger partial charge on any atom is 0.223 e. The third-order valence-corrected chi connectivity index (χ3v) is 3.78. The van der Waals surface area contributed by atoms with Gasteiger partial charge in [-0.05, 0) is 52.1 Å². The molecule has 0 radical (unpaired) electrons. The average Bonchev–Trinajstić information content (AvgIpc) is 2.67. The largest absolute Gasteiger partial charge is 0.341 e. The van der Waals surface area contributed by atoms with Gasteiger partial charge in [0.25, 0.3) is 0 Å². The van der Waals surface area contributed by atoms with Crippen LogP contribution in [0.2, 0.25) is 0 Å². The SMILES string of the molecule is CC(CC(=O)N(C)C(C)(C)C)C1CCNC1. The lowest BCUT2D eigenvalue weighted by Gasteiger charge is -2.33. The fourth-order valence-electron chi connectivity index (χ4n) is 2.12. The minimum absolute atomic E-state index is 0.0648. The lowest BCUT2D eigenvalue weighted by atomic mass is 9.89. The molecule has 3 heteroatoms. The number of carbonyl (C=O) groups excluding carboxylic acids is 1. The fourth-order valence-corrected chi connectivity index (χ4v) is 2.12. The molecule has 1 amide bonds. The number of nitrogens with zero attached hydrogens (tertiary/aromatic N) is 1. The Bertz CT molecular complexity index is 239.